The molecule has 2 N–H and O–H groups in total. The van der Waals surface area contributed by atoms with Gasteiger partial charge in [0.1, 0.15) is 11.6 Å². The van der Waals surface area contributed by atoms with Crippen molar-refractivity contribution in [3.8, 4) is 0 Å². The number of hydrogen-bond donors (Lipinski definition) is 1. The molecule has 0 aliphatic carbocycles. The van der Waals surface area contributed by atoms with E-state index in [0.29, 0.717) is 0 Å². The average molecular weight is 257 g/mol. The summed E-state index contributed by atoms with van der Waals surface area (Å²) in [5, 5.41) is 0. The highest BCUT2D eigenvalue weighted by atomic mass is 19.1. The molecular weight excluding hydrogens is 236 g/mol. The van der Waals surface area contributed by atoms with Gasteiger partial charge in [0.2, 0.25) is 5.91 Å². The van der Waals surface area contributed by atoms with Crippen molar-refractivity contribution in [2.75, 3.05) is 0 Å². The highest BCUT2D eigenvalue weighted by molar-refractivity contribution is 5.76. The summed E-state index contributed by atoms with van der Waals surface area (Å²) in [4.78, 5) is 10.4. The number of hydrogen-bond acceptors (Lipinski definition) is 1. The Morgan fingerprint density at radius 1 is 1.06 bits per heavy atom. The van der Waals surface area contributed by atoms with Gasteiger partial charge in [-0.15, -0.1) is 0 Å². The van der Waals surface area contributed by atoms with E-state index in [0.717, 1.165) is 18.2 Å². The monoisotopic (exact) mass is 257 g/mol. The standard InChI is InChI=1S/C8H7F2NO.C6H14/c9-6-1-5(3-8(11)12)2-7(10)4-6;1-3-5-6-4-2/h1-2,4H,3H2,(H2,11,12);3-6H2,1-2H3. The van der Waals surface area contributed by atoms with E-state index in [1.165, 1.54) is 25.7 Å². The van der Waals surface area contributed by atoms with Crippen LogP contribution < -0.4 is 5.73 Å². The Kier molecular flexibility index (Phi) is 8.80. The van der Waals surface area contributed by atoms with Gasteiger partial charge in [-0.3, -0.25) is 4.79 Å². The summed E-state index contributed by atoms with van der Waals surface area (Å²) in [6.45, 7) is 4.46. The molecule has 18 heavy (non-hydrogen) atoms. The quantitative estimate of drug-likeness (QED) is 0.805. The highest BCUT2D eigenvalue weighted by Gasteiger charge is 2.02. The summed E-state index contributed by atoms with van der Waals surface area (Å²) in [5.41, 5.74) is 5.09. The Morgan fingerprint density at radius 2 is 1.50 bits per heavy atom. The van der Waals surface area contributed by atoms with Gasteiger partial charge in [0.05, 0.1) is 6.42 Å². The first-order valence-corrected chi connectivity index (χ1v) is 6.22. The third kappa shape index (κ3) is 8.67. The second kappa shape index (κ2) is 9.57. The minimum Gasteiger partial charge on any atom is -0.369 e. The summed E-state index contributed by atoms with van der Waals surface area (Å²) in [6, 6.07) is 2.90. The molecule has 2 nitrogen and oxygen atoms in total. The summed E-state index contributed by atoms with van der Waals surface area (Å²) >= 11 is 0. The van der Waals surface area contributed by atoms with Crippen molar-refractivity contribution in [2.45, 2.75) is 46.0 Å². The number of amides is 1. The van der Waals surface area contributed by atoms with Gasteiger partial charge in [-0.1, -0.05) is 39.5 Å². The van der Waals surface area contributed by atoms with Gasteiger partial charge >= 0.3 is 0 Å². The van der Waals surface area contributed by atoms with Gasteiger partial charge in [-0.2, -0.15) is 0 Å². The Balaban J connectivity index is 0.000000411. The minimum atomic E-state index is -0.703. The molecular formula is C14H21F2NO. The van der Waals surface area contributed by atoms with Gasteiger partial charge in [-0.05, 0) is 17.7 Å². The second-order valence-corrected chi connectivity index (χ2v) is 4.13. The topological polar surface area (TPSA) is 43.1 Å². The number of benzene rings is 1. The van der Waals surface area contributed by atoms with Crippen molar-refractivity contribution < 1.29 is 13.6 Å². The largest absolute Gasteiger partial charge is 0.369 e. The van der Waals surface area contributed by atoms with Crippen molar-refractivity contribution in [2.24, 2.45) is 5.73 Å². The van der Waals surface area contributed by atoms with E-state index in [9.17, 15) is 13.6 Å². The van der Waals surface area contributed by atoms with E-state index in [1.54, 1.807) is 0 Å². The van der Waals surface area contributed by atoms with Gasteiger partial charge in [-0.25, -0.2) is 8.78 Å². The molecule has 0 aliphatic rings. The van der Waals surface area contributed by atoms with Gasteiger partial charge in [0, 0.05) is 6.07 Å². The van der Waals surface area contributed by atoms with Crippen molar-refractivity contribution >= 4 is 5.91 Å². The first-order chi connectivity index (χ1) is 8.49. The molecule has 0 saturated heterocycles. The lowest BCUT2D eigenvalue weighted by atomic mass is 10.1. The lowest BCUT2D eigenvalue weighted by Gasteiger charge is -1.97. The Bertz CT molecular complexity index is 343. The molecule has 0 heterocycles. The summed E-state index contributed by atoms with van der Waals surface area (Å²) in [7, 11) is 0. The number of primary amides is 1. The minimum absolute atomic E-state index is 0.144. The first-order valence-electron chi connectivity index (χ1n) is 6.22. The second-order valence-electron chi connectivity index (χ2n) is 4.13. The predicted octanol–water partition coefficient (Wildman–Crippen LogP) is 3.58. The fraction of sp³-hybridized carbons (Fsp3) is 0.500. The lowest BCUT2D eigenvalue weighted by Crippen LogP contribution is -2.13. The summed E-state index contributed by atoms with van der Waals surface area (Å²) in [5.74, 6) is -2.02. The SMILES string of the molecule is CCCCCC.NC(=O)Cc1cc(F)cc(F)c1. The van der Waals surface area contributed by atoms with E-state index in [2.05, 4.69) is 13.8 Å². The third-order valence-corrected chi connectivity index (χ3v) is 2.26. The van der Waals surface area contributed by atoms with Crippen molar-refractivity contribution in [3.05, 3.63) is 35.4 Å². The fourth-order valence-corrected chi connectivity index (χ4v) is 1.41. The van der Waals surface area contributed by atoms with Crippen molar-refractivity contribution in [1.82, 2.24) is 0 Å². The molecule has 0 bridgehead atoms. The molecule has 1 amide bonds. The van der Waals surface area contributed by atoms with Crippen LogP contribution in [0.25, 0.3) is 0 Å². The molecule has 102 valence electrons. The molecule has 0 aromatic heterocycles. The number of nitrogens with two attached hydrogens (primary N) is 1. The van der Waals surface area contributed by atoms with E-state index >= 15 is 0 Å². The Labute approximate surface area is 107 Å². The molecule has 0 fully saturated rings. The van der Waals surface area contributed by atoms with Crippen LogP contribution >= 0.6 is 0 Å². The normalized spacial score (nSPS) is 9.56. The fourth-order valence-electron chi connectivity index (χ4n) is 1.41. The Morgan fingerprint density at radius 3 is 1.83 bits per heavy atom. The molecule has 1 aromatic carbocycles. The zero-order valence-electron chi connectivity index (χ0n) is 11.0. The maximum atomic E-state index is 12.5. The molecule has 1 rings (SSSR count). The average Bonchev–Trinajstić information content (AvgIpc) is 2.24. The van der Waals surface area contributed by atoms with Crippen LogP contribution in [0, 0.1) is 11.6 Å². The van der Waals surface area contributed by atoms with Crippen LogP contribution in [0.3, 0.4) is 0 Å². The number of rotatable bonds is 5. The van der Waals surface area contributed by atoms with E-state index in [1.807, 2.05) is 0 Å². The van der Waals surface area contributed by atoms with Crippen LogP contribution in [-0.4, -0.2) is 5.91 Å². The van der Waals surface area contributed by atoms with Crippen LogP contribution in [0.5, 0.6) is 0 Å². The molecule has 0 aliphatic heterocycles. The first kappa shape index (κ1) is 16.6. The van der Waals surface area contributed by atoms with Crippen molar-refractivity contribution in [1.29, 1.82) is 0 Å². The molecule has 0 unspecified atom stereocenters. The maximum absolute atomic E-state index is 12.5. The van der Waals surface area contributed by atoms with E-state index in [-0.39, 0.29) is 12.0 Å². The Hall–Kier alpha value is -1.45. The molecule has 0 spiro atoms. The maximum Gasteiger partial charge on any atom is 0.221 e. The van der Waals surface area contributed by atoms with Crippen LogP contribution in [0.2, 0.25) is 0 Å². The van der Waals surface area contributed by atoms with Crippen LogP contribution in [-0.2, 0) is 11.2 Å². The number of carbonyl (C=O) groups excluding carboxylic acids is 1. The molecule has 0 atom stereocenters. The van der Waals surface area contributed by atoms with Crippen LogP contribution in [0.1, 0.15) is 45.1 Å². The molecule has 0 saturated carbocycles. The number of unbranched alkanes of at least 4 members (excludes halogenated alkanes) is 3. The van der Waals surface area contributed by atoms with Crippen LogP contribution in [0.4, 0.5) is 8.78 Å². The van der Waals surface area contributed by atoms with Gasteiger partial charge in [0.25, 0.3) is 0 Å². The summed E-state index contributed by atoms with van der Waals surface area (Å²) < 4.78 is 25.0. The zero-order valence-corrected chi connectivity index (χ0v) is 11.0. The van der Waals surface area contributed by atoms with Crippen LogP contribution in [0.15, 0.2) is 18.2 Å². The smallest absolute Gasteiger partial charge is 0.221 e. The predicted molar refractivity (Wildman–Crippen MR) is 69.1 cm³/mol. The number of carbonyl (C=O) groups is 1. The molecule has 4 heteroatoms. The lowest BCUT2D eigenvalue weighted by molar-refractivity contribution is -0.117. The number of halogens is 2. The van der Waals surface area contributed by atoms with Gasteiger partial charge in [0.15, 0.2) is 0 Å². The molecule has 0 radical (unpaired) electrons. The molecule has 1 aromatic rings. The van der Waals surface area contributed by atoms with E-state index < -0.39 is 17.5 Å². The highest BCUT2D eigenvalue weighted by Crippen LogP contribution is 2.07. The summed E-state index contributed by atoms with van der Waals surface area (Å²) in [6.07, 6.45) is 5.39. The third-order valence-electron chi connectivity index (χ3n) is 2.26. The van der Waals surface area contributed by atoms with E-state index in [4.69, 9.17) is 5.73 Å². The zero-order chi connectivity index (χ0) is 14.0. The van der Waals surface area contributed by atoms with Crippen molar-refractivity contribution in [3.63, 3.8) is 0 Å². The van der Waals surface area contributed by atoms with Gasteiger partial charge < -0.3 is 5.73 Å².